The summed E-state index contributed by atoms with van der Waals surface area (Å²) in [6.07, 6.45) is 0. The van der Waals surface area contributed by atoms with Gasteiger partial charge in [-0.05, 0) is 76.6 Å². The second kappa shape index (κ2) is 26.9. The molecule has 0 radical (unpaired) electrons. The van der Waals surface area contributed by atoms with E-state index >= 15 is 0 Å². The van der Waals surface area contributed by atoms with Gasteiger partial charge in [-0.15, -0.1) is 0 Å². The number of rotatable bonds is 29. The highest BCUT2D eigenvalue weighted by Crippen LogP contribution is 2.47. The molecular formula is C42H72N6O6S2. The van der Waals surface area contributed by atoms with Gasteiger partial charge in [0.05, 0.1) is 39.6 Å². The molecule has 2 amide bonds. The van der Waals surface area contributed by atoms with Gasteiger partial charge in [0.2, 0.25) is 0 Å². The second-order valence-corrected chi connectivity index (χ2v) is 15.5. The van der Waals surface area contributed by atoms with Crippen molar-refractivity contribution < 1.29 is 28.5 Å². The topological polar surface area (TPSA) is 90.5 Å². The third-order valence-corrected chi connectivity index (χ3v) is 13.0. The molecule has 0 aliphatic carbocycles. The smallest absolute Gasteiger partial charge is 0.255 e. The van der Waals surface area contributed by atoms with Crippen molar-refractivity contribution in [2.45, 2.75) is 65.2 Å². The molecule has 0 aliphatic heterocycles. The first kappa shape index (κ1) is 49.3. The van der Waals surface area contributed by atoms with Crippen LogP contribution in [0.2, 0.25) is 0 Å². The van der Waals surface area contributed by atoms with Crippen molar-refractivity contribution in [1.29, 1.82) is 0 Å². The van der Waals surface area contributed by atoms with E-state index in [0.717, 1.165) is 78.5 Å². The first-order valence-corrected chi connectivity index (χ1v) is 22.6. The Balaban J connectivity index is 2.67. The van der Waals surface area contributed by atoms with E-state index in [1.165, 1.54) is 21.6 Å². The molecule has 0 aliphatic rings. The quantitative estimate of drug-likeness (QED) is 0.0812. The molecule has 0 heterocycles. The zero-order valence-corrected chi connectivity index (χ0v) is 38.2. The standard InChI is InChI=1S/C42H72N6O6S2/c1-13-43(14-2)21-25-47(26-22-44(15-3)16-4)41(49)33-29-35(51-9)37(53-11)31-39(33)55-56-40-32-38(54-12)36(52-10)30-34(40)42(50)48(27-23-45(17-5)18-6)28-24-46(19-7)20-8/h29-32H,13-28H2,1-12H3. The van der Waals surface area contributed by atoms with E-state index in [0.29, 0.717) is 70.1 Å². The molecule has 0 bridgehead atoms. The van der Waals surface area contributed by atoms with Gasteiger partial charge in [-0.25, -0.2) is 0 Å². The summed E-state index contributed by atoms with van der Waals surface area (Å²) in [7, 11) is 9.19. The Morgan fingerprint density at radius 2 is 0.643 bits per heavy atom. The summed E-state index contributed by atoms with van der Waals surface area (Å²) >= 11 is 0. The molecular weight excluding hydrogens is 749 g/mol. The van der Waals surface area contributed by atoms with Crippen LogP contribution < -0.4 is 18.9 Å². The van der Waals surface area contributed by atoms with E-state index in [1.54, 1.807) is 40.6 Å². The molecule has 0 saturated heterocycles. The zero-order valence-electron chi connectivity index (χ0n) is 36.6. The fourth-order valence-electron chi connectivity index (χ4n) is 6.46. The summed E-state index contributed by atoms with van der Waals surface area (Å²) in [6.45, 7) is 30.0. The number of nitrogens with zero attached hydrogens (tertiary/aromatic N) is 6. The number of benzene rings is 2. The maximum atomic E-state index is 14.7. The van der Waals surface area contributed by atoms with Gasteiger partial charge in [0.1, 0.15) is 0 Å². The number of hydrogen-bond donors (Lipinski definition) is 0. The molecule has 0 spiro atoms. The highest BCUT2D eigenvalue weighted by Gasteiger charge is 2.27. The number of amides is 2. The number of carbonyl (C=O) groups is 2. The summed E-state index contributed by atoms with van der Waals surface area (Å²) in [5.41, 5.74) is 1.04. The van der Waals surface area contributed by atoms with Gasteiger partial charge >= 0.3 is 0 Å². The molecule has 12 nitrogen and oxygen atoms in total. The summed E-state index contributed by atoms with van der Waals surface area (Å²) in [4.78, 5) is 44.1. The maximum absolute atomic E-state index is 14.7. The second-order valence-electron chi connectivity index (χ2n) is 13.3. The van der Waals surface area contributed by atoms with Gasteiger partial charge in [0.25, 0.3) is 11.8 Å². The molecule has 0 fully saturated rings. The summed E-state index contributed by atoms with van der Waals surface area (Å²) in [5, 5.41) is 0. The first-order valence-electron chi connectivity index (χ1n) is 20.4. The van der Waals surface area contributed by atoms with Crippen molar-refractivity contribution >= 4 is 33.4 Å². The van der Waals surface area contributed by atoms with E-state index in [-0.39, 0.29) is 11.8 Å². The van der Waals surface area contributed by atoms with Crippen LogP contribution in [0.3, 0.4) is 0 Å². The summed E-state index contributed by atoms with van der Waals surface area (Å²) in [6, 6.07) is 7.29. The van der Waals surface area contributed by atoms with Crippen LogP contribution in [0.4, 0.5) is 0 Å². The highest BCUT2D eigenvalue weighted by molar-refractivity contribution is 8.76. The number of methoxy groups -OCH3 is 4. The van der Waals surface area contributed by atoms with Crippen LogP contribution in [0.25, 0.3) is 0 Å². The van der Waals surface area contributed by atoms with E-state index in [2.05, 4.69) is 75.0 Å². The van der Waals surface area contributed by atoms with E-state index < -0.39 is 0 Å². The molecule has 56 heavy (non-hydrogen) atoms. The summed E-state index contributed by atoms with van der Waals surface area (Å²) in [5.74, 6) is 1.86. The van der Waals surface area contributed by atoms with Crippen molar-refractivity contribution in [2.24, 2.45) is 0 Å². The lowest BCUT2D eigenvalue weighted by Gasteiger charge is -2.30. The average Bonchev–Trinajstić information content (AvgIpc) is 3.24. The van der Waals surface area contributed by atoms with Crippen LogP contribution in [-0.4, -0.2) is 174 Å². The molecule has 0 saturated carbocycles. The van der Waals surface area contributed by atoms with Crippen molar-refractivity contribution in [1.82, 2.24) is 29.4 Å². The fraction of sp³-hybridized carbons (Fsp3) is 0.667. The fourth-order valence-corrected chi connectivity index (χ4v) is 8.79. The lowest BCUT2D eigenvalue weighted by molar-refractivity contribution is 0.0707. The monoisotopic (exact) mass is 820 g/mol. The van der Waals surface area contributed by atoms with Gasteiger partial charge in [0.15, 0.2) is 23.0 Å². The van der Waals surface area contributed by atoms with Gasteiger partial charge in [-0.1, -0.05) is 77.0 Å². The van der Waals surface area contributed by atoms with Crippen molar-refractivity contribution in [3.63, 3.8) is 0 Å². The number of carbonyl (C=O) groups excluding carboxylic acids is 2. The maximum Gasteiger partial charge on any atom is 0.255 e. The number of hydrogen-bond acceptors (Lipinski definition) is 12. The van der Waals surface area contributed by atoms with Crippen LogP contribution >= 0.6 is 21.6 Å². The number of likely N-dealkylation sites (N-methyl/N-ethyl adjacent to an activating group) is 4. The van der Waals surface area contributed by atoms with Crippen LogP contribution in [0.5, 0.6) is 23.0 Å². The van der Waals surface area contributed by atoms with Crippen molar-refractivity contribution in [3.05, 3.63) is 35.4 Å². The summed E-state index contributed by atoms with van der Waals surface area (Å²) < 4.78 is 22.9. The molecule has 0 N–H and O–H groups in total. The molecule has 0 unspecified atom stereocenters. The minimum Gasteiger partial charge on any atom is -0.493 e. The van der Waals surface area contributed by atoms with Crippen LogP contribution in [0.15, 0.2) is 34.1 Å². The Kier molecular flexibility index (Phi) is 23.7. The molecule has 0 aromatic heterocycles. The molecule has 14 heteroatoms. The normalized spacial score (nSPS) is 11.5. The Hall–Kier alpha value is -2.88. The van der Waals surface area contributed by atoms with E-state index in [1.807, 2.05) is 21.9 Å². The molecule has 318 valence electrons. The third-order valence-electron chi connectivity index (χ3n) is 10.6. The first-order chi connectivity index (χ1) is 27.1. The Labute approximate surface area is 346 Å². The largest absolute Gasteiger partial charge is 0.493 e. The molecule has 0 atom stereocenters. The van der Waals surface area contributed by atoms with Crippen molar-refractivity contribution in [2.75, 3.05) is 133 Å². The van der Waals surface area contributed by atoms with Crippen LogP contribution in [-0.2, 0) is 0 Å². The van der Waals surface area contributed by atoms with Crippen LogP contribution in [0.1, 0.15) is 76.1 Å². The highest BCUT2D eigenvalue weighted by atomic mass is 33.1. The Bertz CT molecular complexity index is 1310. The zero-order chi connectivity index (χ0) is 41.6. The average molecular weight is 821 g/mol. The van der Waals surface area contributed by atoms with Gasteiger partial charge in [0, 0.05) is 62.1 Å². The number of ether oxygens (including phenoxy) is 4. The molecule has 2 aromatic rings. The Morgan fingerprint density at radius 1 is 0.411 bits per heavy atom. The van der Waals surface area contributed by atoms with E-state index in [9.17, 15) is 9.59 Å². The Morgan fingerprint density at radius 3 is 0.857 bits per heavy atom. The molecule has 2 rings (SSSR count). The minimum absolute atomic E-state index is 0.0732. The minimum atomic E-state index is -0.0732. The molecule has 2 aromatic carbocycles. The third kappa shape index (κ3) is 14.5. The van der Waals surface area contributed by atoms with Crippen molar-refractivity contribution in [3.8, 4) is 23.0 Å². The van der Waals surface area contributed by atoms with Gasteiger partial charge in [-0.3, -0.25) is 9.59 Å². The van der Waals surface area contributed by atoms with Crippen LogP contribution in [0, 0.1) is 0 Å². The predicted octanol–water partition coefficient (Wildman–Crippen LogP) is 6.77. The van der Waals surface area contributed by atoms with Gasteiger partial charge in [-0.2, -0.15) is 0 Å². The SMILES string of the molecule is CCN(CC)CCN(CCN(CC)CC)C(=O)c1cc(OC)c(OC)cc1SSc1cc(OC)c(OC)cc1C(=O)N(CCN(CC)CC)CCN(CC)CC. The lowest BCUT2D eigenvalue weighted by atomic mass is 10.1. The lowest BCUT2D eigenvalue weighted by Crippen LogP contribution is -2.43. The predicted molar refractivity (Wildman–Crippen MR) is 234 cm³/mol. The van der Waals surface area contributed by atoms with E-state index in [4.69, 9.17) is 18.9 Å². The van der Waals surface area contributed by atoms with Gasteiger partial charge < -0.3 is 48.3 Å².